The summed E-state index contributed by atoms with van der Waals surface area (Å²) >= 11 is 0. The largest absolute Gasteiger partial charge is 0.502 e. The van der Waals surface area contributed by atoms with Crippen LogP contribution in [-0.2, 0) is 16.0 Å². The first-order valence-electron chi connectivity index (χ1n) is 11.2. The van der Waals surface area contributed by atoms with Crippen LogP contribution < -0.4 is 15.8 Å². The maximum Gasteiger partial charge on any atom is 0.277 e. The Bertz CT molecular complexity index is 1180. The van der Waals surface area contributed by atoms with Crippen molar-refractivity contribution in [2.75, 3.05) is 45.1 Å². The molecule has 2 aliphatic heterocycles. The Balaban J connectivity index is 1.62. The molecular formula is C23H26F2N4O6. The van der Waals surface area contributed by atoms with Gasteiger partial charge in [0.05, 0.1) is 19.3 Å². The first kappa shape index (κ1) is 24.6. The van der Waals surface area contributed by atoms with E-state index in [1.807, 2.05) is 0 Å². The summed E-state index contributed by atoms with van der Waals surface area (Å²) in [5, 5.41) is 14.7. The van der Waals surface area contributed by atoms with Gasteiger partial charge in [-0.1, -0.05) is 6.07 Å². The number of benzene rings is 1. The van der Waals surface area contributed by atoms with E-state index in [0.717, 1.165) is 18.9 Å². The Kier molecular flexibility index (Phi) is 7.31. The topological polar surface area (TPSA) is 113 Å². The highest BCUT2D eigenvalue weighted by Crippen LogP contribution is 2.23. The van der Waals surface area contributed by atoms with E-state index in [0.29, 0.717) is 25.8 Å². The fourth-order valence-electron chi connectivity index (χ4n) is 4.14. The number of nitrogens with zero attached hydrogens (tertiary/aromatic N) is 3. The van der Waals surface area contributed by atoms with Gasteiger partial charge in [-0.15, -0.1) is 0 Å². The molecule has 2 aromatic rings. The standard InChI is InChI=1S/C23H26F2N4O6/c1-34-8-6-28-13-27(11-16-3-2-7-35-16)23(33)19-21(31)20(30)17(12-29(19)28)22(32)26-10-14-4-5-15(24)9-18(14)25/h4-5,9,12,16,31H,2-3,6-8,10-11,13H2,1H3,(H,26,32)/t16-/m0/s1. The van der Waals surface area contributed by atoms with Gasteiger partial charge in [-0.2, -0.15) is 0 Å². The van der Waals surface area contributed by atoms with E-state index in [1.165, 1.54) is 28.9 Å². The van der Waals surface area contributed by atoms with Gasteiger partial charge >= 0.3 is 0 Å². The number of hydrogen-bond acceptors (Lipinski definition) is 7. The number of nitrogens with one attached hydrogen (secondary N) is 1. The second-order valence-corrected chi connectivity index (χ2v) is 8.36. The maximum absolute atomic E-state index is 13.9. The monoisotopic (exact) mass is 492 g/mol. The van der Waals surface area contributed by atoms with E-state index in [1.54, 1.807) is 5.01 Å². The number of fused-ring (bicyclic) bond motifs is 1. The normalized spacial score (nSPS) is 17.6. The smallest absolute Gasteiger partial charge is 0.277 e. The highest BCUT2D eigenvalue weighted by atomic mass is 19.1. The van der Waals surface area contributed by atoms with Crippen molar-refractivity contribution in [3.8, 4) is 5.75 Å². The lowest BCUT2D eigenvalue weighted by Crippen LogP contribution is -2.56. The van der Waals surface area contributed by atoms with Crippen molar-refractivity contribution in [2.24, 2.45) is 0 Å². The number of ether oxygens (including phenoxy) is 2. The van der Waals surface area contributed by atoms with Crippen LogP contribution in [0, 0.1) is 11.6 Å². The van der Waals surface area contributed by atoms with Gasteiger partial charge in [0.25, 0.3) is 11.8 Å². The number of aromatic hydroxyl groups is 1. The summed E-state index contributed by atoms with van der Waals surface area (Å²) in [6, 6.07) is 2.91. The van der Waals surface area contributed by atoms with Crippen LogP contribution >= 0.6 is 0 Å². The summed E-state index contributed by atoms with van der Waals surface area (Å²) < 4.78 is 39.1. The lowest BCUT2D eigenvalue weighted by molar-refractivity contribution is 0.0449. The van der Waals surface area contributed by atoms with Gasteiger partial charge in [-0.3, -0.25) is 24.1 Å². The van der Waals surface area contributed by atoms with Crippen LogP contribution in [0.25, 0.3) is 0 Å². The van der Waals surface area contributed by atoms with Gasteiger partial charge in [0, 0.05) is 44.6 Å². The number of halogens is 2. The molecule has 188 valence electrons. The average Bonchev–Trinajstić information content (AvgIpc) is 3.34. The van der Waals surface area contributed by atoms with Gasteiger partial charge in [0.2, 0.25) is 5.43 Å². The van der Waals surface area contributed by atoms with Crippen LogP contribution in [0.15, 0.2) is 29.2 Å². The van der Waals surface area contributed by atoms with Crippen molar-refractivity contribution < 1.29 is 33.0 Å². The summed E-state index contributed by atoms with van der Waals surface area (Å²) in [4.78, 5) is 40.3. The van der Waals surface area contributed by atoms with Crippen LogP contribution in [0.4, 0.5) is 8.78 Å². The van der Waals surface area contributed by atoms with Gasteiger partial charge in [-0.25, -0.2) is 8.78 Å². The summed E-state index contributed by atoms with van der Waals surface area (Å²) in [6.07, 6.45) is 2.72. The fraction of sp³-hybridized carbons (Fsp3) is 0.435. The fourth-order valence-corrected chi connectivity index (χ4v) is 4.14. The summed E-state index contributed by atoms with van der Waals surface area (Å²) in [6.45, 7) is 1.29. The van der Waals surface area contributed by atoms with Gasteiger partial charge in [-0.05, 0) is 18.9 Å². The minimum atomic E-state index is -1.03. The number of pyridine rings is 1. The van der Waals surface area contributed by atoms with Crippen molar-refractivity contribution >= 4 is 11.8 Å². The number of aromatic nitrogens is 1. The Labute approximate surface area is 199 Å². The van der Waals surface area contributed by atoms with E-state index in [9.17, 15) is 28.3 Å². The predicted octanol–water partition coefficient (Wildman–Crippen LogP) is 0.939. The predicted molar refractivity (Wildman–Crippen MR) is 120 cm³/mol. The Morgan fingerprint density at radius 3 is 2.80 bits per heavy atom. The number of carbonyl (C=O) groups excluding carboxylic acids is 2. The molecule has 2 amide bonds. The first-order valence-corrected chi connectivity index (χ1v) is 11.2. The molecule has 1 saturated heterocycles. The average molecular weight is 492 g/mol. The lowest BCUT2D eigenvalue weighted by Gasteiger charge is -2.40. The molecule has 1 aromatic heterocycles. The Hall–Kier alpha value is -3.51. The quantitative estimate of drug-likeness (QED) is 0.564. The van der Waals surface area contributed by atoms with Gasteiger partial charge in [0.1, 0.15) is 23.9 Å². The van der Waals surface area contributed by atoms with Crippen molar-refractivity contribution in [1.82, 2.24) is 14.9 Å². The van der Waals surface area contributed by atoms with E-state index in [4.69, 9.17) is 9.47 Å². The molecule has 0 unspecified atom stereocenters. The molecule has 2 aliphatic rings. The molecule has 4 rings (SSSR count). The number of hydrogen-bond donors (Lipinski definition) is 2. The number of methoxy groups -OCH3 is 1. The molecular weight excluding hydrogens is 466 g/mol. The minimum absolute atomic E-state index is 0.0173. The molecule has 0 saturated carbocycles. The molecule has 2 N–H and O–H groups in total. The van der Waals surface area contributed by atoms with Crippen molar-refractivity contribution in [2.45, 2.75) is 25.5 Å². The summed E-state index contributed by atoms with van der Waals surface area (Å²) in [5.74, 6) is -3.92. The third-order valence-electron chi connectivity index (χ3n) is 5.99. The lowest BCUT2D eigenvalue weighted by atomic mass is 10.1. The minimum Gasteiger partial charge on any atom is -0.502 e. The van der Waals surface area contributed by atoms with E-state index >= 15 is 0 Å². The second kappa shape index (κ2) is 10.4. The number of amides is 2. The summed E-state index contributed by atoms with van der Waals surface area (Å²) in [5.41, 5.74) is -1.72. The van der Waals surface area contributed by atoms with Crippen molar-refractivity contribution in [1.29, 1.82) is 0 Å². The van der Waals surface area contributed by atoms with Crippen LogP contribution in [0.1, 0.15) is 39.3 Å². The number of rotatable bonds is 8. The molecule has 0 bridgehead atoms. The number of carbonyl (C=O) groups is 2. The molecule has 1 aromatic carbocycles. The Morgan fingerprint density at radius 1 is 1.31 bits per heavy atom. The molecule has 12 heteroatoms. The van der Waals surface area contributed by atoms with Gasteiger partial charge in [0.15, 0.2) is 11.4 Å². The molecule has 35 heavy (non-hydrogen) atoms. The molecule has 1 atom stereocenters. The van der Waals surface area contributed by atoms with Crippen LogP contribution in [0.3, 0.4) is 0 Å². The highest BCUT2D eigenvalue weighted by molar-refractivity contribution is 5.99. The third-order valence-corrected chi connectivity index (χ3v) is 5.99. The maximum atomic E-state index is 13.9. The van der Waals surface area contributed by atoms with Crippen molar-refractivity contribution in [3.05, 3.63) is 63.1 Å². The van der Waals surface area contributed by atoms with Crippen LogP contribution in [0.2, 0.25) is 0 Å². The molecule has 0 spiro atoms. The molecule has 0 aliphatic carbocycles. The second-order valence-electron chi connectivity index (χ2n) is 8.36. The van der Waals surface area contributed by atoms with Gasteiger partial charge < -0.3 is 24.8 Å². The summed E-state index contributed by atoms with van der Waals surface area (Å²) in [7, 11) is 1.51. The van der Waals surface area contributed by atoms with Crippen LogP contribution in [0.5, 0.6) is 5.75 Å². The zero-order chi connectivity index (χ0) is 25.1. The molecule has 3 heterocycles. The zero-order valence-electron chi connectivity index (χ0n) is 19.1. The third kappa shape index (κ3) is 5.13. The van der Waals surface area contributed by atoms with Crippen molar-refractivity contribution in [3.63, 3.8) is 0 Å². The Morgan fingerprint density at radius 2 is 2.11 bits per heavy atom. The van der Waals surface area contributed by atoms with E-state index in [2.05, 4.69) is 5.32 Å². The van der Waals surface area contributed by atoms with E-state index < -0.39 is 40.2 Å². The first-order chi connectivity index (χ1) is 16.8. The molecule has 0 radical (unpaired) electrons. The SMILES string of the molecule is COCCN1CN(C[C@@H]2CCCO2)C(=O)c2c(O)c(=O)c(C(=O)NCc3ccc(F)cc3F)cn21. The zero-order valence-corrected chi connectivity index (χ0v) is 19.1. The van der Waals surface area contributed by atoms with Crippen LogP contribution in [-0.4, -0.2) is 72.7 Å². The highest BCUT2D eigenvalue weighted by Gasteiger charge is 2.35. The molecule has 1 fully saturated rings. The van der Waals surface area contributed by atoms with E-state index in [-0.39, 0.29) is 37.2 Å². The molecule has 10 nitrogen and oxygen atoms in total.